The van der Waals surface area contributed by atoms with Gasteiger partial charge in [-0.15, -0.1) is 0 Å². The van der Waals surface area contributed by atoms with Crippen molar-refractivity contribution in [3.05, 3.63) is 81.9 Å². The Hall–Kier alpha value is -5.06. The number of hydrogen-bond acceptors (Lipinski definition) is 8. The van der Waals surface area contributed by atoms with E-state index in [-0.39, 0.29) is 37.2 Å². The fourth-order valence-corrected chi connectivity index (χ4v) is 4.35. The molecule has 0 aliphatic rings. The minimum absolute atomic E-state index is 0.0279. The number of anilines is 1. The third-order valence-electron chi connectivity index (χ3n) is 6.30. The van der Waals surface area contributed by atoms with Gasteiger partial charge in [0.15, 0.2) is 0 Å². The molecule has 0 saturated heterocycles. The highest BCUT2D eigenvalue weighted by Gasteiger charge is 2.24. The monoisotopic (exact) mass is 558 g/mol. The molecule has 2 amide bonds. The number of esters is 2. The van der Waals surface area contributed by atoms with Gasteiger partial charge in [-0.2, -0.15) is 0 Å². The van der Waals surface area contributed by atoms with Crippen LogP contribution in [0.4, 0.5) is 5.69 Å². The van der Waals surface area contributed by atoms with Gasteiger partial charge in [0.1, 0.15) is 11.9 Å². The van der Waals surface area contributed by atoms with Gasteiger partial charge in [0.25, 0.3) is 17.4 Å². The Kier molecular flexibility index (Phi) is 9.08. The highest BCUT2D eigenvalue weighted by Crippen LogP contribution is 2.23. The number of aryl methyl sites for hydroxylation is 1. The third kappa shape index (κ3) is 6.93. The molecular formula is C30H30N4O7. The maximum absolute atomic E-state index is 13.0. The summed E-state index contributed by atoms with van der Waals surface area (Å²) in [6, 6.07) is 13.8. The molecular weight excluding hydrogens is 528 g/mol. The molecule has 4 aromatic rings. The summed E-state index contributed by atoms with van der Waals surface area (Å²) in [5, 5.41) is 7.19. The first-order valence-electron chi connectivity index (χ1n) is 13.2. The number of carbonyl (C=O) groups is 4. The minimum Gasteiger partial charge on any atom is -0.466 e. The third-order valence-corrected chi connectivity index (χ3v) is 6.30. The molecule has 1 heterocycles. The molecule has 4 rings (SSSR count). The lowest BCUT2D eigenvalue weighted by Crippen LogP contribution is -2.42. The number of amides is 2. The maximum atomic E-state index is 13.0. The second kappa shape index (κ2) is 12.9. The lowest BCUT2D eigenvalue weighted by Gasteiger charge is -2.17. The van der Waals surface area contributed by atoms with Gasteiger partial charge in [-0.1, -0.05) is 12.1 Å². The fraction of sp³-hybridized carbons (Fsp3) is 0.267. The molecule has 212 valence electrons. The Bertz CT molecular complexity index is 1680. The van der Waals surface area contributed by atoms with Gasteiger partial charge in [0.05, 0.1) is 24.1 Å². The van der Waals surface area contributed by atoms with Crippen LogP contribution in [0, 0.1) is 6.92 Å². The van der Waals surface area contributed by atoms with Crippen LogP contribution in [-0.4, -0.2) is 53.0 Å². The highest BCUT2D eigenvalue weighted by atomic mass is 16.5. The number of nitrogens with zero attached hydrogens (tertiary/aromatic N) is 1. The SMILES string of the molecule is CCOC(=O)CC[C@@H](NC(=O)c1ccc(NC(=O)c2ccc3ccc4nc(C)[nH]c(=O)c4c3c2)cc1)C(=O)OCC. The van der Waals surface area contributed by atoms with Crippen molar-refractivity contribution in [1.29, 1.82) is 0 Å². The summed E-state index contributed by atoms with van der Waals surface area (Å²) in [4.78, 5) is 69.6. The molecule has 0 spiro atoms. The first kappa shape index (κ1) is 28.9. The zero-order valence-corrected chi connectivity index (χ0v) is 22.9. The molecule has 41 heavy (non-hydrogen) atoms. The predicted octanol–water partition coefficient (Wildman–Crippen LogP) is 3.64. The van der Waals surface area contributed by atoms with Crippen molar-refractivity contribution in [1.82, 2.24) is 15.3 Å². The second-order valence-electron chi connectivity index (χ2n) is 9.20. The number of carbonyl (C=O) groups excluding carboxylic acids is 4. The Morgan fingerprint density at radius 1 is 0.902 bits per heavy atom. The molecule has 3 N–H and O–H groups in total. The molecule has 0 unspecified atom stereocenters. The molecule has 0 aliphatic heterocycles. The van der Waals surface area contributed by atoms with Crippen LogP contribution in [-0.2, 0) is 19.1 Å². The predicted molar refractivity (Wildman–Crippen MR) is 153 cm³/mol. The number of aromatic amines is 1. The van der Waals surface area contributed by atoms with Crippen LogP contribution >= 0.6 is 0 Å². The number of fused-ring (bicyclic) bond motifs is 3. The molecule has 1 aromatic heterocycles. The van der Waals surface area contributed by atoms with Crippen molar-refractivity contribution in [2.45, 2.75) is 39.7 Å². The summed E-state index contributed by atoms with van der Waals surface area (Å²) < 4.78 is 9.92. The van der Waals surface area contributed by atoms with Crippen LogP contribution in [0.2, 0.25) is 0 Å². The van der Waals surface area contributed by atoms with Gasteiger partial charge >= 0.3 is 11.9 Å². The van der Waals surface area contributed by atoms with E-state index in [0.29, 0.717) is 33.4 Å². The van der Waals surface area contributed by atoms with Crippen molar-refractivity contribution >= 4 is 51.1 Å². The van der Waals surface area contributed by atoms with Crippen LogP contribution < -0.4 is 16.2 Å². The Morgan fingerprint density at radius 3 is 2.29 bits per heavy atom. The average Bonchev–Trinajstić information content (AvgIpc) is 2.95. The standard InChI is InChI=1S/C30H30N4O7/c1-4-40-25(35)15-14-24(30(39)41-5-2)34-27(36)19-8-11-21(12-9-19)33-28(37)20-7-6-18-10-13-23-26(22(18)16-20)29(38)32-17(3)31-23/h6-13,16,24H,4-5,14-15H2,1-3H3,(H,33,37)(H,34,36)(H,31,32,38)/t24-/m1/s1. The van der Waals surface area contributed by atoms with E-state index in [1.165, 1.54) is 12.1 Å². The number of rotatable bonds is 10. The number of nitrogens with one attached hydrogen (secondary N) is 3. The number of benzene rings is 3. The molecule has 3 aromatic carbocycles. The molecule has 0 saturated carbocycles. The van der Waals surface area contributed by atoms with Crippen molar-refractivity contribution in [2.24, 2.45) is 0 Å². The van der Waals surface area contributed by atoms with Gasteiger partial charge in [0, 0.05) is 23.2 Å². The van der Waals surface area contributed by atoms with E-state index >= 15 is 0 Å². The maximum Gasteiger partial charge on any atom is 0.328 e. The van der Waals surface area contributed by atoms with Gasteiger partial charge < -0.3 is 25.1 Å². The summed E-state index contributed by atoms with van der Waals surface area (Å²) >= 11 is 0. The zero-order valence-electron chi connectivity index (χ0n) is 22.9. The number of aromatic nitrogens is 2. The summed E-state index contributed by atoms with van der Waals surface area (Å²) in [5.41, 5.74) is 1.27. The molecule has 11 heteroatoms. The summed E-state index contributed by atoms with van der Waals surface area (Å²) in [7, 11) is 0. The molecule has 0 fully saturated rings. The van der Waals surface area contributed by atoms with Gasteiger partial charge in [-0.05, 0) is 80.4 Å². The van der Waals surface area contributed by atoms with E-state index in [9.17, 15) is 24.0 Å². The largest absolute Gasteiger partial charge is 0.466 e. The smallest absolute Gasteiger partial charge is 0.328 e. The number of ether oxygens (including phenoxy) is 2. The van der Waals surface area contributed by atoms with E-state index in [1.807, 2.05) is 6.07 Å². The quantitative estimate of drug-likeness (QED) is 0.197. The lowest BCUT2D eigenvalue weighted by molar-refractivity contribution is -0.146. The van der Waals surface area contributed by atoms with Crippen LogP contribution in [0.25, 0.3) is 21.7 Å². The first-order valence-corrected chi connectivity index (χ1v) is 13.2. The molecule has 0 radical (unpaired) electrons. The van der Waals surface area contributed by atoms with Crippen LogP contribution in [0.3, 0.4) is 0 Å². The highest BCUT2D eigenvalue weighted by molar-refractivity contribution is 6.11. The van der Waals surface area contributed by atoms with Crippen molar-refractivity contribution in [2.75, 3.05) is 18.5 Å². The minimum atomic E-state index is -1.03. The van der Waals surface area contributed by atoms with Gasteiger partial charge in [-0.3, -0.25) is 19.2 Å². The zero-order chi connectivity index (χ0) is 29.5. The van der Waals surface area contributed by atoms with E-state index in [0.717, 1.165) is 5.39 Å². The van der Waals surface area contributed by atoms with Crippen molar-refractivity contribution in [3.63, 3.8) is 0 Å². The lowest BCUT2D eigenvalue weighted by atomic mass is 10.0. The Labute approximate surface area is 235 Å². The van der Waals surface area contributed by atoms with Crippen LogP contribution in [0.15, 0.2) is 59.4 Å². The van der Waals surface area contributed by atoms with Crippen LogP contribution in [0.5, 0.6) is 0 Å². The topological polar surface area (TPSA) is 157 Å². The summed E-state index contributed by atoms with van der Waals surface area (Å²) in [5.74, 6) is -1.57. The first-order chi connectivity index (χ1) is 19.7. The van der Waals surface area contributed by atoms with E-state index in [4.69, 9.17) is 9.47 Å². The van der Waals surface area contributed by atoms with E-state index < -0.39 is 29.8 Å². The van der Waals surface area contributed by atoms with E-state index in [2.05, 4.69) is 20.6 Å². The average molecular weight is 559 g/mol. The second-order valence-corrected chi connectivity index (χ2v) is 9.20. The Balaban J connectivity index is 1.47. The molecule has 0 aliphatic carbocycles. The van der Waals surface area contributed by atoms with E-state index in [1.54, 1.807) is 57.2 Å². The van der Waals surface area contributed by atoms with Gasteiger partial charge in [0.2, 0.25) is 0 Å². The molecule has 0 bridgehead atoms. The Morgan fingerprint density at radius 2 is 1.59 bits per heavy atom. The fourth-order valence-electron chi connectivity index (χ4n) is 4.35. The van der Waals surface area contributed by atoms with Gasteiger partial charge in [-0.25, -0.2) is 9.78 Å². The summed E-state index contributed by atoms with van der Waals surface area (Å²) in [6.07, 6.45) is -0.0300. The summed E-state index contributed by atoms with van der Waals surface area (Å²) in [6.45, 7) is 5.37. The van der Waals surface area contributed by atoms with Crippen LogP contribution in [0.1, 0.15) is 53.2 Å². The number of H-pyrrole nitrogens is 1. The van der Waals surface area contributed by atoms with Crippen molar-refractivity contribution < 1.29 is 28.7 Å². The van der Waals surface area contributed by atoms with Crippen molar-refractivity contribution in [3.8, 4) is 0 Å². The number of hydrogen-bond donors (Lipinski definition) is 3. The molecule has 11 nitrogen and oxygen atoms in total. The normalized spacial score (nSPS) is 11.6. The molecule has 1 atom stereocenters.